The molecule has 0 radical (unpaired) electrons. The zero-order chi connectivity index (χ0) is 12.8. The highest BCUT2D eigenvalue weighted by Gasteiger charge is 2.16. The van der Waals surface area contributed by atoms with Crippen molar-refractivity contribution in [1.29, 1.82) is 0 Å². The average molecular weight is 238 g/mol. The lowest BCUT2D eigenvalue weighted by atomic mass is 10.3. The molecule has 5 N–H and O–H groups in total. The van der Waals surface area contributed by atoms with E-state index in [1.807, 2.05) is 0 Å². The summed E-state index contributed by atoms with van der Waals surface area (Å²) < 4.78 is 0. The van der Waals surface area contributed by atoms with Crippen LogP contribution in [0.1, 0.15) is 17.4 Å². The van der Waals surface area contributed by atoms with Crippen LogP contribution in [0.5, 0.6) is 0 Å². The highest BCUT2D eigenvalue weighted by molar-refractivity contribution is 5.95. The number of nitrogens with two attached hydrogens (primary N) is 1. The highest BCUT2D eigenvalue weighted by Crippen LogP contribution is 2.00. The molecule has 1 heterocycles. The van der Waals surface area contributed by atoms with Crippen molar-refractivity contribution in [3.05, 3.63) is 17.8 Å². The fraction of sp³-hybridized carbons (Fsp3) is 0.333. The average Bonchev–Trinajstić information content (AvgIpc) is 2.37. The molecular weight excluding hydrogens is 224 g/mol. The Morgan fingerprint density at radius 3 is 2.53 bits per heavy atom. The summed E-state index contributed by atoms with van der Waals surface area (Å²) in [5.41, 5.74) is 2.40. The van der Waals surface area contributed by atoms with E-state index in [9.17, 15) is 9.59 Å². The number of carbonyl (C=O) groups is 2. The first-order chi connectivity index (χ1) is 8.08. The van der Waals surface area contributed by atoms with Crippen LogP contribution in [-0.2, 0) is 4.79 Å². The number of amides is 2. The number of nitrogen functional groups attached to an aromatic ring is 1. The predicted molar refractivity (Wildman–Crippen MR) is 60.8 cm³/mol. The molecule has 92 valence electrons. The number of hydrogen-bond acceptors (Lipinski definition) is 6. The number of carbonyl (C=O) groups excluding carboxylic acids is 2. The van der Waals surface area contributed by atoms with E-state index >= 15 is 0 Å². The second kappa shape index (κ2) is 5.75. The number of anilines is 1. The monoisotopic (exact) mass is 238 g/mol. The van der Waals surface area contributed by atoms with Crippen molar-refractivity contribution in [3.63, 3.8) is 0 Å². The van der Waals surface area contributed by atoms with Gasteiger partial charge < -0.3 is 16.1 Å². The van der Waals surface area contributed by atoms with E-state index in [1.54, 1.807) is 6.92 Å². The van der Waals surface area contributed by atoms with Gasteiger partial charge in [0.2, 0.25) is 5.91 Å². The second-order valence-corrected chi connectivity index (χ2v) is 3.26. The molecule has 0 aliphatic carbocycles. The van der Waals surface area contributed by atoms with Gasteiger partial charge in [-0.25, -0.2) is 5.84 Å². The zero-order valence-electron chi connectivity index (χ0n) is 9.52. The van der Waals surface area contributed by atoms with Crippen LogP contribution in [0, 0.1) is 0 Å². The van der Waals surface area contributed by atoms with Gasteiger partial charge in [-0.2, -0.15) is 0 Å². The maximum Gasteiger partial charge on any atom is 0.272 e. The minimum atomic E-state index is -0.637. The van der Waals surface area contributed by atoms with Crippen molar-refractivity contribution >= 4 is 17.6 Å². The highest BCUT2D eigenvalue weighted by atomic mass is 16.2. The smallest absolute Gasteiger partial charge is 0.272 e. The van der Waals surface area contributed by atoms with Crippen molar-refractivity contribution in [3.8, 4) is 0 Å². The lowest BCUT2D eigenvalue weighted by Crippen LogP contribution is -2.43. The second-order valence-electron chi connectivity index (χ2n) is 3.26. The van der Waals surface area contributed by atoms with Gasteiger partial charge in [0.05, 0.1) is 0 Å². The number of nitrogens with zero attached hydrogens (tertiary/aromatic N) is 2. The SMILES string of the molecule is CNC(=O)C(C)NC(=O)c1ccc(NN)nn1. The summed E-state index contributed by atoms with van der Waals surface area (Å²) >= 11 is 0. The van der Waals surface area contributed by atoms with Gasteiger partial charge in [-0.1, -0.05) is 0 Å². The number of rotatable bonds is 4. The third kappa shape index (κ3) is 3.38. The van der Waals surface area contributed by atoms with Crippen molar-refractivity contribution in [2.75, 3.05) is 12.5 Å². The van der Waals surface area contributed by atoms with Crippen molar-refractivity contribution in [2.45, 2.75) is 13.0 Å². The Bertz CT molecular complexity index is 404. The maximum atomic E-state index is 11.6. The van der Waals surface area contributed by atoms with E-state index in [0.717, 1.165) is 0 Å². The Hall–Kier alpha value is -2.22. The quantitative estimate of drug-likeness (QED) is 0.379. The Kier molecular flexibility index (Phi) is 4.35. The van der Waals surface area contributed by atoms with Gasteiger partial charge >= 0.3 is 0 Å². The molecule has 0 aliphatic rings. The summed E-state index contributed by atoms with van der Waals surface area (Å²) in [5.74, 6) is 4.70. The van der Waals surface area contributed by atoms with E-state index < -0.39 is 11.9 Å². The van der Waals surface area contributed by atoms with Crippen LogP contribution in [0.3, 0.4) is 0 Å². The largest absolute Gasteiger partial charge is 0.357 e. The maximum absolute atomic E-state index is 11.6. The van der Waals surface area contributed by atoms with Gasteiger partial charge in [-0.3, -0.25) is 9.59 Å². The van der Waals surface area contributed by atoms with Crippen molar-refractivity contribution in [1.82, 2.24) is 20.8 Å². The number of aromatic nitrogens is 2. The molecule has 1 atom stereocenters. The van der Waals surface area contributed by atoms with Gasteiger partial charge in [0.15, 0.2) is 11.5 Å². The third-order valence-corrected chi connectivity index (χ3v) is 2.03. The van der Waals surface area contributed by atoms with Gasteiger partial charge in [0.25, 0.3) is 5.91 Å². The van der Waals surface area contributed by atoms with Crippen molar-refractivity contribution in [2.24, 2.45) is 5.84 Å². The fourth-order valence-electron chi connectivity index (χ4n) is 1.08. The van der Waals surface area contributed by atoms with Crippen LogP contribution >= 0.6 is 0 Å². The Morgan fingerprint density at radius 1 is 1.35 bits per heavy atom. The molecule has 8 heteroatoms. The zero-order valence-corrected chi connectivity index (χ0v) is 9.52. The standard InChI is InChI=1S/C9H14N6O2/c1-5(8(16)11-2)12-9(17)6-3-4-7(13-10)15-14-6/h3-5H,10H2,1-2H3,(H,11,16)(H,12,17)(H,13,15). The molecule has 0 spiro atoms. The first-order valence-corrected chi connectivity index (χ1v) is 4.91. The van der Waals surface area contributed by atoms with E-state index in [4.69, 9.17) is 5.84 Å². The molecule has 0 saturated heterocycles. The molecule has 1 aromatic heterocycles. The van der Waals surface area contributed by atoms with E-state index in [1.165, 1.54) is 19.2 Å². The van der Waals surface area contributed by atoms with E-state index in [0.29, 0.717) is 5.82 Å². The molecule has 2 amide bonds. The van der Waals surface area contributed by atoms with Crippen molar-refractivity contribution < 1.29 is 9.59 Å². The van der Waals surface area contributed by atoms with E-state index in [-0.39, 0.29) is 11.6 Å². The summed E-state index contributed by atoms with van der Waals surface area (Å²) in [6.45, 7) is 1.57. The van der Waals surface area contributed by atoms with Gasteiger partial charge in [0, 0.05) is 7.05 Å². The fourth-order valence-corrected chi connectivity index (χ4v) is 1.08. The van der Waals surface area contributed by atoms with Crippen LogP contribution in [-0.4, -0.2) is 35.1 Å². The van der Waals surface area contributed by atoms with Gasteiger partial charge in [0.1, 0.15) is 6.04 Å². The Labute approximate surface area is 97.9 Å². The summed E-state index contributed by atoms with van der Waals surface area (Å²) in [4.78, 5) is 22.8. The molecule has 1 unspecified atom stereocenters. The number of nitrogens with one attached hydrogen (secondary N) is 3. The molecule has 1 rings (SSSR count). The minimum absolute atomic E-state index is 0.111. The molecule has 0 aliphatic heterocycles. The normalized spacial score (nSPS) is 11.5. The van der Waals surface area contributed by atoms with Gasteiger partial charge in [-0.05, 0) is 19.1 Å². The molecule has 8 nitrogen and oxygen atoms in total. The van der Waals surface area contributed by atoms with Crippen LogP contribution in [0.2, 0.25) is 0 Å². The third-order valence-electron chi connectivity index (χ3n) is 2.03. The molecule has 17 heavy (non-hydrogen) atoms. The Morgan fingerprint density at radius 2 is 2.06 bits per heavy atom. The van der Waals surface area contributed by atoms with Crippen LogP contribution in [0.4, 0.5) is 5.82 Å². The van der Waals surface area contributed by atoms with Crippen LogP contribution in [0.15, 0.2) is 12.1 Å². The predicted octanol–water partition coefficient (Wildman–Crippen LogP) is -1.37. The van der Waals surface area contributed by atoms with Crippen LogP contribution < -0.4 is 21.9 Å². The number of hydrazine groups is 1. The summed E-state index contributed by atoms with van der Waals surface area (Å²) in [6, 6.07) is 2.32. The topological polar surface area (TPSA) is 122 Å². The lowest BCUT2D eigenvalue weighted by molar-refractivity contribution is -0.122. The summed E-state index contributed by atoms with van der Waals surface area (Å²) in [6.07, 6.45) is 0. The number of hydrogen-bond donors (Lipinski definition) is 4. The molecule has 0 bridgehead atoms. The van der Waals surface area contributed by atoms with Gasteiger partial charge in [-0.15, -0.1) is 10.2 Å². The first kappa shape index (κ1) is 12.8. The minimum Gasteiger partial charge on any atom is -0.357 e. The molecule has 0 aromatic carbocycles. The molecule has 0 saturated carbocycles. The van der Waals surface area contributed by atoms with Crippen LogP contribution in [0.25, 0.3) is 0 Å². The summed E-state index contributed by atoms with van der Waals surface area (Å²) in [5, 5.41) is 12.2. The molecular formula is C9H14N6O2. The molecule has 1 aromatic rings. The first-order valence-electron chi connectivity index (χ1n) is 4.91. The Balaban J connectivity index is 2.66. The lowest BCUT2D eigenvalue weighted by Gasteiger charge is -2.11. The summed E-state index contributed by atoms with van der Waals surface area (Å²) in [7, 11) is 1.49. The number of likely N-dealkylation sites (N-methyl/N-ethyl adjacent to an activating group) is 1. The molecule has 0 fully saturated rings. The van der Waals surface area contributed by atoms with E-state index in [2.05, 4.69) is 26.3 Å².